The molecule has 1 aromatic heterocycles. The molecule has 3 heteroatoms. The van der Waals surface area contributed by atoms with Gasteiger partial charge in [0.1, 0.15) is 0 Å². The van der Waals surface area contributed by atoms with Gasteiger partial charge in [-0.05, 0) is 38.8 Å². The zero-order valence-corrected chi connectivity index (χ0v) is 12.0. The molecule has 2 atom stereocenters. The van der Waals surface area contributed by atoms with Crippen molar-refractivity contribution in [1.29, 1.82) is 0 Å². The molecule has 1 saturated heterocycles. The lowest BCUT2D eigenvalue weighted by atomic mass is 10.0. The molecule has 0 bridgehead atoms. The number of hydrogen-bond acceptors (Lipinski definition) is 3. The molecule has 0 aliphatic carbocycles. The maximum absolute atomic E-state index is 4.61. The van der Waals surface area contributed by atoms with E-state index in [0.717, 1.165) is 24.5 Å². The summed E-state index contributed by atoms with van der Waals surface area (Å²) in [5, 5.41) is 3.64. The second-order valence-electron chi connectivity index (χ2n) is 5.29. The molecule has 1 aliphatic rings. The van der Waals surface area contributed by atoms with Gasteiger partial charge in [-0.25, -0.2) is 0 Å². The Kier molecular flexibility index (Phi) is 4.23. The highest BCUT2D eigenvalue weighted by atomic mass is 15.2. The van der Waals surface area contributed by atoms with E-state index >= 15 is 0 Å². The molecular formula is C15H25N3. The lowest BCUT2D eigenvalue weighted by Crippen LogP contribution is -2.56. The Labute approximate surface area is 111 Å². The molecular weight excluding hydrogens is 222 g/mol. The minimum atomic E-state index is 0.594. The third-order valence-electron chi connectivity index (χ3n) is 3.97. The molecule has 0 amide bonds. The van der Waals surface area contributed by atoms with Crippen LogP contribution in [0.15, 0.2) is 12.1 Å². The van der Waals surface area contributed by atoms with Crippen molar-refractivity contribution in [1.82, 2.24) is 10.3 Å². The van der Waals surface area contributed by atoms with E-state index in [-0.39, 0.29) is 0 Å². The van der Waals surface area contributed by atoms with Gasteiger partial charge in [0.05, 0.1) is 11.4 Å². The first-order valence-corrected chi connectivity index (χ1v) is 7.10. The van der Waals surface area contributed by atoms with Gasteiger partial charge >= 0.3 is 0 Å². The summed E-state index contributed by atoms with van der Waals surface area (Å²) in [7, 11) is 0. The van der Waals surface area contributed by atoms with E-state index in [4.69, 9.17) is 0 Å². The third-order valence-corrected chi connectivity index (χ3v) is 3.97. The van der Waals surface area contributed by atoms with Gasteiger partial charge in [0.15, 0.2) is 0 Å². The van der Waals surface area contributed by atoms with Crippen LogP contribution in [0.2, 0.25) is 0 Å². The van der Waals surface area contributed by atoms with Crippen LogP contribution in [0.1, 0.15) is 38.1 Å². The van der Waals surface area contributed by atoms with E-state index in [0.29, 0.717) is 12.1 Å². The van der Waals surface area contributed by atoms with Gasteiger partial charge in [0, 0.05) is 30.9 Å². The second kappa shape index (κ2) is 5.70. The number of pyridine rings is 1. The van der Waals surface area contributed by atoms with Crippen LogP contribution in [-0.2, 0) is 0 Å². The molecule has 3 nitrogen and oxygen atoms in total. The highest BCUT2D eigenvalue weighted by Gasteiger charge is 2.27. The summed E-state index contributed by atoms with van der Waals surface area (Å²) in [6.07, 6.45) is 2.36. The summed E-state index contributed by atoms with van der Waals surface area (Å²) in [5.74, 6) is 0. The molecule has 0 radical (unpaired) electrons. The van der Waals surface area contributed by atoms with Crippen LogP contribution >= 0.6 is 0 Å². The molecule has 0 saturated carbocycles. The number of nitrogens with one attached hydrogen (secondary N) is 1. The average Bonchev–Trinajstić information content (AvgIpc) is 2.38. The number of hydrogen-bond donors (Lipinski definition) is 1. The van der Waals surface area contributed by atoms with Crippen LogP contribution in [0.5, 0.6) is 0 Å². The van der Waals surface area contributed by atoms with Crippen molar-refractivity contribution < 1.29 is 0 Å². The van der Waals surface area contributed by atoms with Crippen LogP contribution in [-0.4, -0.2) is 30.2 Å². The average molecular weight is 247 g/mol. The first kappa shape index (κ1) is 13.3. The first-order chi connectivity index (χ1) is 8.65. The van der Waals surface area contributed by atoms with Crippen molar-refractivity contribution >= 4 is 5.69 Å². The lowest BCUT2D eigenvalue weighted by molar-refractivity contribution is 0.378. The Balaban J connectivity index is 2.26. The molecule has 1 aromatic rings. The fourth-order valence-electron chi connectivity index (χ4n) is 2.78. The maximum Gasteiger partial charge on any atom is 0.0609 e. The van der Waals surface area contributed by atoms with Gasteiger partial charge in [0.2, 0.25) is 0 Å². The Bertz CT molecular complexity index is 403. The van der Waals surface area contributed by atoms with Crippen LogP contribution < -0.4 is 10.2 Å². The molecule has 2 heterocycles. The second-order valence-corrected chi connectivity index (χ2v) is 5.29. The van der Waals surface area contributed by atoms with Gasteiger partial charge in [-0.2, -0.15) is 0 Å². The monoisotopic (exact) mass is 247 g/mol. The summed E-state index contributed by atoms with van der Waals surface area (Å²) in [6.45, 7) is 10.9. The molecule has 1 aliphatic heterocycles. The normalized spacial score (nSPS) is 24.3. The fraction of sp³-hybridized carbons (Fsp3) is 0.667. The molecule has 100 valence electrons. The summed E-state index contributed by atoms with van der Waals surface area (Å²) >= 11 is 0. The predicted octanol–water partition coefficient (Wildman–Crippen LogP) is 2.67. The quantitative estimate of drug-likeness (QED) is 0.890. The van der Waals surface area contributed by atoms with E-state index in [2.05, 4.69) is 55.0 Å². The van der Waals surface area contributed by atoms with E-state index in [9.17, 15) is 0 Å². The summed E-state index contributed by atoms with van der Waals surface area (Å²) in [6, 6.07) is 5.56. The largest absolute Gasteiger partial charge is 0.364 e. The van der Waals surface area contributed by atoms with Crippen LogP contribution in [0, 0.1) is 13.8 Å². The zero-order valence-electron chi connectivity index (χ0n) is 12.0. The third kappa shape index (κ3) is 2.66. The number of nitrogens with zero attached hydrogens (tertiary/aromatic N) is 2. The van der Waals surface area contributed by atoms with Crippen molar-refractivity contribution in [3.8, 4) is 0 Å². The van der Waals surface area contributed by atoms with Gasteiger partial charge < -0.3 is 10.2 Å². The summed E-state index contributed by atoms with van der Waals surface area (Å²) < 4.78 is 0. The van der Waals surface area contributed by atoms with Gasteiger partial charge in [-0.1, -0.05) is 13.8 Å². The number of piperazine rings is 1. The van der Waals surface area contributed by atoms with E-state index in [1.165, 1.54) is 18.5 Å². The molecule has 2 unspecified atom stereocenters. The maximum atomic E-state index is 4.61. The molecule has 2 rings (SSSR count). The van der Waals surface area contributed by atoms with E-state index < -0.39 is 0 Å². The Morgan fingerprint density at radius 3 is 2.67 bits per heavy atom. The van der Waals surface area contributed by atoms with Gasteiger partial charge in [-0.3, -0.25) is 4.98 Å². The van der Waals surface area contributed by atoms with Gasteiger partial charge in [-0.15, -0.1) is 0 Å². The van der Waals surface area contributed by atoms with Gasteiger partial charge in [0.25, 0.3) is 0 Å². The first-order valence-electron chi connectivity index (χ1n) is 7.10. The van der Waals surface area contributed by atoms with E-state index in [1.54, 1.807) is 0 Å². The van der Waals surface area contributed by atoms with Crippen molar-refractivity contribution in [2.24, 2.45) is 0 Å². The van der Waals surface area contributed by atoms with Crippen LogP contribution in [0.25, 0.3) is 0 Å². The molecule has 18 heavy (non-hydrogen) atoms. The number of anilines is 1. The van der Waals surface area contributed by atoms with Crippen LogP contribution in [0.3, 0.4) is 0 Å². The van der Waals surface area contributed by atoms with Crippen molar-refractivity contribution in [3.63, 3.8) is 0 Å². The molecule has 0 spiro atoms. The topological polar surface area (TPSA) is 28.2 Å². The number of aromatic nitrogens is 1. The fourth-order valence-corrected chi connectivity index (χ4v) is 2.78. The molecule has 0 aromatic carbocycles. The Hall–Kier alpha value is -1.09. The summed E-state index contributed by atoms with van der Waals surface area (Å²) in [4.78, 5) is 7.15. The summed E-state index contributed by atoms with van der Waals surface area (Å²) in [5.41, 5.74) is 3.57. The van der Waals surface area contributed by atoms with Crippen molar-refractivity contribution in [2.45, 2.75) is 52.6 Å². The SMILES string of the molecule is CCC1CN(c2ccc(C)nc2C)C(CC)CN1. The van der Waals surface area contributed by atoms with Crippen molar-refractivity contribution in [3.05, 3.63) is 23.5 Å². The Morgan fingerprint density at radius 2 is 2.06 bits per heavy atom. The number of rotatable bonds is 3. The predicted molar refractivity (Wildman–Crippen MR) is 77.2 cm³/mol. The lowest BCUT2D eigenvalue weighted by Gasteiger charge is -2.42. The molecule has 1 fully saturated rings. The minimum Gasteiger partial charge on any atom is -0.364 e. The smallest absolute Gasteiger partial charge is 0.0609 e. The highest BCUT2D eigenvalue weighted by Crippen LogP contribution is 2.24. The highest BCUT2D eigenvalue weighted by molar-refractivity contribution is 5.52. The molecule has 1 N–H and O–H groups in total. The minimum absolute atomic E-state index is 0.594. The van der Waals surface area contributed by atoms with Crippen molar-refractivity contribution in [2.75, 3.05) is 18.0 Å². The standard InChI is InChI=1S/C15H25N3/c1-5-13-10-18(14(6-2)9-16-13)15-8-7-11(3)17-12(15)4/h7-8,13-14,16H,5-6,9-10H2,1-4H3. The number of aryl methyl sites for hydroxylation is 2. The zero-order chi connectivity index (χ0) is 13.1. The Morgan fingerprint density at radius 1 is 1.28 bits per heavy atom. The van der Waals surface area contributed by atoms with Crippen LogP contribution in [0.4, 0.5) is 5.69 Å². The van der Waals surface area contributed by atoms with E-state index in [1.807, 2.05) is 0 Å².